The van der Waals surface area contributed by atoms with Crippen LogP contribution in [-0.2, 0) is 11.3 Å². The van der Waals surface area contributed by atoms with Gasteiger partial charge in [-0.05, 0) is 40.2 Å². The van der Waals surface area contributed by atoms with E-state index in [4.69, 9.17) is 39.5 Å². The smallest absolute Gasteiger partial charge is 0.241 e. The SMILES string of the molecule is Clc1cccnc1-n1nc(Br)cc1C1=Nc2c(Cl)ccc(Cl)c2CO1. The molecule has 126 valence electrons. The molecule has 2 aromatic heterocycles. The highest BCUT2D eigenvalue weighted by atomic mass is 79.9. The number of fused-ring (bicyclic) bond motifs is 1. The molecule has 0 saturated carbocycles. The summed E-state index contributed by atoms with van der Waals surface area (Å²) >= 11 is 22.1. The summed E-state index contributed by atoms with van der Waals surface area (Å²) < 4.78 is 7.96. The molecule has 0 bridgehead atoms. The van der Waals surface area contributed by atoms with E-state index in [1.54, 1.807) is 41.2 Å². The van der Waals surface area contributed by atoms with E-state index in [-0.39, 0.29) is 6.61 Å². The Bertz CT molecular complexity index is 1020. The highest BCUT2D eigenvalue weighted by Crippen LogP contribution is 2.38. The molecule has 0 amide bonds. The largest absolute Gasteiger partial charge is 0.471 e. The van der Waals surface area contributed by atoms with E-state index in [2.05, 4.69) is 31.0 Å². The molecule has 9 heteroatoms. The lowest BCUT2D eigenvalue weighted by Gasteiger charge is -2.19. The van der Waals surface area contributed by atoms with Crippen molar-refractivity contribution in [3.63, 3.8) is 0 Å². The Balaban J connectivity index is 1.88. The quantitative estimate of drug-likeness (QED) is 0.502. The zero-order valence-electron chi connectivity index (χ0n) is 12.4. The van der Waals surface area contributed by atoms with Gasteiger partial charge >= 0.3 is 0 Å². The number of aromatic nitrogens is 3. The number of ether oxygens (including phenoxy) is 1. The van der Waals surface area contributed by atoms with E-state index in [9.17, 15) is 0 Å². The fraction of sp³-hybridized carbons (Fsp3) is 0.0625. The maximum Gasteiger partial charge on any atom is 0.241 e. The first-order valence-corrected chi connectivity index (χ1v) is 9.02. The van der Waals surface area contributed by atoms with E-state index in [1.165, 1.54) is 0 Å². The van der Waals surface area contributed by atoms with Crippen LogP contribution in [0.15, 0.2) is 46.1 Å². The van der Waals surface area contributed by atoms with E-state index in [0.717, 1.165) is 5.56 Å². The van der Waals surface area contributed by atoms with Gasteiger partial charge in [0.15, 0.2) is 5.82 Å². The van der Waals surface area contributed by atoms with Gasteiger partial charge in [0.2, 0.25) is 5.90 Å². The van der Waals surface area contributed by atoms with Gasteiger partial charge in [-0.15, -0.1) is 0 Å². The number of rotatable bonds is 2. The van der Waals surface area contributed by atoms with Gasteiger partial charge in [0.25, 0.3) is 0 Å². The minimum atomic E-state index is 0.256. The molecule has 0 saturated heterocycles. The second-order valence-electron chi connectivity index (χ2n) is 5.13. The molecular formula is C16H8BrCl3N4O. The van der Waals surface area contributed by atoms with E-state index < -0.39 is 0 Å². The lowest BCUT2D eigenvalue weighted by Crippen LogP contribution is -2.17. The first-order chi connectivity index (χ1) is 12.0. The van der Waals surface area contributed by atoms with Crippen LogP contribution in [0.2, 0.25) is 15.1 Å². The standard InChI is InChI=1S/C16H8BrCl3N4O/c17-13-6-12(24(23-13)15-11(20)2-1-5-21-15)16-22-14-8(7-25-16)9(18)3-4-10(14)19/h1-6H,7H2. The number of aliphatic imine (C=N–C) groups is 1. The van der Waals surface area contributed by atoms with Crippen LogP contribution in [0.4, 0.5) is 5.69 Å². The fourth-order valence-corrected chi connectivity index (χ4v) is 3.45. The zero-order valence-corrected chi connectivity index (χ0v) is 16.2. The topological polar surface area (TPSA) is 52.3 Å². The van der Waals surface area contributed by atoms with Crippen LogP contribution in [0.1, 0.15) is 11.3 Å². The summed E-state index contributed by atoms with van der Waals surface area (Å²) in [6, 6.07) is 8.68. The van der Waals surface area contributed by atoms with Gasteiger partial charge in [-0.2, -0.15) is 5.10 Å². The highest BCUT2D eigenvalue weighted by molar-refractivity contribution is 9.10. The van der Waals surface area contributed by atoms with Gasteiger partial charge in [-0.3, -0.25) is 0 Å². The Kier molecular flexibility index (Phi) is 4.45. The maximum atomic E-state index is 6.27. The number of hydrogen-bond donors (Lipinski definition) is 0. The minimum absolute atomic E-state index is 0.256. The molecule has 0 unspecified atom stereocenters. The maximum absolute atomic E-state index is 6.27. The van der Waals surface area contributed by atoms with Crippen molar-refractivity contribution in [2.75, 3.05) is 0 Å². The fourth-order valence-electron chi connectivity index (χ4n) is 2.45. The molecule has 0 N–H and O–H groups in total. The molecule has 4 rings (SSSR count). The van der Waals surface area contributed by atoms with Crippen molar-refractivity contribution in [2.45, 2.75) is 6.61 Å². The number of hydrogen-bond acceptors (Lipinski definition) is 4. The molecule has 1 aliphatic heterocycles. The van der Waals surface area contributed by atoms with Crippen molar-refractivity contribution in [3.05, 3.63) is 67.5 Å². The van der Waals surface area contributed by atoms with Gasteiger partial charge in [-0.25, -0.2) is 14.7 Å². The van der Waals surface area contributed by atoms with Gasteiger partial charge in [0, 0.05) is 22.8 Å². The minimum Gasteiger partial charge on any atom is -0.471 e. The second kappa shape index (κ2) is 6.61. The van der Waals surface area contributed by atoms with E-state index >= 15 is 0 Å². The Labute approximate surface area is 166 Å². The van der Waals surface area contributed by atoms with Gasteiger partial charge in [0.05, 0.1) is 15.7 Å². The lowest BCUT2D eigenvalue weighted by molar-refractivity contribution is 0.287. The van der Waals surface area contributed by atoms with Crippen molar-refractivity contribution in [3.8, 4) is 5.82 Å². The third-order valence-corrected chi connectivity index (χ3v) is 4.92. The van der Waals surface area contributed by atoms with Gasteiger partial charge in [-0.1, -0.05) is 34.8 Å². The van der Waals surface area contributed by atoms with Crippen molar-refractivity contribution < 1.29 is 4.74 Å². The Morgan fingerprint density at radius 2 is 1.88 bits per heavy atom. The third-order valence-electron chi connectivity index (χ3n) is 3.58. The number of halogens is 4. The monoisotopic (exact) mass is 456 g/mol. The number of nitrogens with zero attached hydrogens (tertiary/aromatic N) is 4. The lowest BCUT2D eigenvalue weighted by atomic mass is 10.1. The summed E-state index contributed by atoms with van der Waals surface area (Å²) in [5.74, 6) is 0.829. The van der Waals surface area contributed by atoms with Crippen LogP contribution >= 0.6 is 50.7 Å². The molecule has 3 aromatic rings. The van der Waals surface area contributed by atoms with Crippen LogP contribution in [0, 0.1) is 0 Å². The first kappa shape index (κ1) is 16.8. The molecule has 3 heterocycles. The molecule has 0 atom stereocenters. The molecule has 5 nitrogen and oxygen atoms in total. The first-order valence-electron chi connectivity index (χ1n) is 7.10. The molecule has 1 aromatic carbocycles. The average molecular weight is 459 g/mol. The average Bonchev–Trinajstić information content (AvgIpc) is 3.00. The predicted octanol–water partition coefficient (Wildman–Crippen LogP) is 5.60. The molecule has 25 heavy (non-hydrogen) atoms. The third kappa shape index (κ3) is 3.04. The van der Waals surface area contributed by atoms with Crippen molar-refractivity contribution in [1.82, 2.24) is 14.8 Å². The summed E-state index contributed by atoms with van der Waals surface area (Å²) in [6.45, 7) is 0.256. The van der Waals surface area contributed by atoms with Crippen molar-refractivity contribution in [1.29, 1.82) is 0 Å². The Hall–Kier alpha value is -1.60. The molecular weight excluding hydrogens is 450 g/mol. The summed E-state index contributed by atoms with van der Waals surface area (Å²) in [5.41, 5.74) is 1.93. The molecule has 0 aliphatic carbocycles. The summed E-state index contributed by atoms with van der Waals surface area (Å²) in [7, 11) is 0. The predicted molar refractivity (Wildman–Crippen MR) is 102 cm³/mol. The highest BCUT2D eigenvalue weighted by Gasteiger charge is 2.24. The van der Waals surface area contributed by atoms with Gasteiger partial charge in [0.1, 0.15) is 16.9 Å². The van der Waals surface area contributed by atoms with Crippen LogP contribution in [0.25, 0.3) is 5.82 Å². The van der Waals surface area contributed by atoms with Crippen LogP contribution in [-0.4, -0.2) is 20.7 Å². The van der Waals surface area contributed by atoms with Crippen molar-refractivity contribution >= 4 is 62.3 Å². The molecule has 0 fully saturated rings. The van der Waals surface area contributed by atoms with Crippen LogP contribution < -0.4 is 0 Å². The van der Waals surface area contributed by atoms with E-state index in [1.807, 2.05) is 0 Å². The normalized spacial score (nSPS) is 13.2. The van der Waals surface area contributed by atoms with Crippen LogP contribution in [0.3, 0.4) is 0 Å². The summed E-state index contributed by atoms with van der Waals surface area (Å²) in [6.07, 6.45) is 1.63. The van der Waals surface area contributed by atoms with Crippen LogP contribution in [0.5, 0.6) is 0 Å². The molecule has 0 radical (unpaired) electrons. The van der Waals surface area contributed by atoms with Crippen molar-refractivity contribution in [2.24, 2.45) is 4.99 Å². The van der Waals surface area contributed by atoms with E-state index in [0.29, 0.717) is 42.8 Å². The molecule has 1 aliphatic rings. The number of benzene rings is 1. The molecule has 0 spiro atoms. The zero-order chi connectivity index (χ0) is 17.6. The second-order valence-corrected chi connectivity index (χ2v) is 7.17. The van der Waals surface area contributed by atoms with Gasteiger partial charge < -0.3 is 4.74 Å². The Morgan fingerprint density at radius 1 is 1.08 bits per heavy atom. The Morgan fingerprint density at radius 3 is 2.68 bits per heavy atom. The number of pyridine rings is 1. The summed E-state index contributed by atoms with van der Waals surface area (Å²) in [4.78, 5) is 8.81. The summed E-state index contributed by atoms with van der Waals surface area (Å²) in [5, 5.41) is 5.90.